The Balaban J connectivity index is 1.68. The fourth-order valence-corrected chi connectivity index (χ4v) is 3.86. The zero-order valence-electron chi connectivity index (χ0n) is 16.7. The minimum Gasteiger partial charge on any atom is -0.493 e. The Bertz CT molecular complexity index is 698. The van der Waals surface area contributed by atoms with E-state index in [1.165, 1.54) is 31.4 Å². The van der Waals surface area contributed by atoms with E-state index in [0.29, 0.717) is 30.6 Å². The van der Waals surface area contributed by atoms with Crippen LogP contribution in [0.1, 0.15) is 56.9 Å². The van der Waals surface area contributed by atoms with E-state index in [4.69, 9.17) is 9.84 Å². The molecule has 3 nitrogen and oxygen atoms in total. The number of aliphatic carboxylic acids is 1. The molecule has 1 aliphatic rings. The summed E-state index contributed by atoms with van der Waals surface area (Å²) in [4.78, 5) is 10.5. The third kappa shape index (κ3) is 9.08. The van der Waals surface area contributed by atoms with Crippen LogP contribution in [0.5, 0.6) is 5.75 Å². The lowest BCUT2D eigenvalue weighted by molar-refractivity contribution is -0.137. The maximum Gasteiger partial charge on any atom is 0.303 e. The molecular formula is C23H31F2O3P. The molecule has 2 rings (SSSR count). The van der Waals surface area contributed by atoms with Crippen molar-refractivity contribution in [2.75, 3.05) is 6.61 Å². The Morgan fingerprint density at radius 3 is 2.83 bits per heavy atom. The van der Waals surface area contributed by atoms with Crippen LogP contribution in [-0.4, -0.2) is 17.7 Å². The summed E-state index contributed by atoms with van der Waals surface area (Å²) < 4.78 is 32.3. The SMILES string of the molecule is O=C(O)CCCC=CC[C@H]1CCCC1/C=C/CCOc1cccc(C(F)(F)P)c1. The third-order valence-corrected chi connectivity index (χ3v) is 5.57. The van der Waals surface area contributed by atoms with Crippen LogP contribution in [0.2, 0.25) is 0 Å². The van der Waals surface area contributed by atoms with Crippen molar-refractivity contribution in [3.8, 4) is 5.75 Å². The Hall–Kier alpha value is -1.74. The maximum atomic E-state index is 13.3. The van der Waals surface area contributed by atoms with Gasteiger partial charge in [0.15, 0.2) is 0 Å². The van der Waals surface area contributed by atoms with Crippen molar-refractivity contribution < 1.29 is 23.4 Å². The predicted octanol–water partition coefficient (Wildman–Crippen LogP) is 6.55. The van der Waals surface area contributed by atoms with Crippen molar-refractivity contribution in [3.63, 3.8) is 0 Å². The Kier molecular flexibility index (Phi) is 9.80. The zero-order chi connectivity index (χ0) is 21.1. The quantitative estimate of drug-likeness (QED) is 0.235. The number of carbonyl (C=O) groups is 1. The van der Waals surface area contributed by atoms with Gasteiger partial charge in [0.2, 0.25) is 0 Å². The van der Waals surface area contributed by atoms with Gasteiger partial charge in [-0.05, 0) is 62.5 Å². The highest BCUT2D eigenvalue weighted by molar-refractivity contribution is 7.17. The first kappa shape index (κ1) is 23.5. The van der Waals surface area contributed by atoms with Gasteiger partial charge in [0.05, 0.1) is 6.61 Å². The van der Waals surface area contributed by atoms with Gasteiger partial charge in [-0.3, -0.25) is 4.79 Å². The highest BCUT2D eigenvalue weighted by atomic mass is 31.0. The Morgan fingerprint density at radius 2 is 2.07 bits per heavy atom. The highest BCUT2D eigenvalue weighted by Gasteiger charge is 2.25. The monoisotopic (exact) mass is 424 g/mol. The van der Waals surface area contributed by atoms with E-state index in [9.17, 15) is 13.6 Å². The molecule has 1 aromatic rings. The molecule has 0 aliphatic heterocycles. The number of benzene rings is 1. The number of allylic oxidation sites excluding steroid dienone is 3. The van der Waals surface area contributed by atoms with Crippen molar-refractivity contribution >= 4 is 15.2 Å². The maximum absolute atomic E-state index is 13.3. The number of carboxylic acid groups (broad SMARTS) is 1. The summed E-state index contributed by atoms with van der Waals surface area (Å²) in [5.74, 6) is 0.935. The first-order valence-electron chi connectivity index (χ1n) is 10.3. The first-order chi connectivity index (χ1) is 13.9. The third-order valence-electron chi connectivity index (χ3n) is 5.24. The largest absolute Gasteiger partial charge is 0.493 e. The van der Waals surface area contributed by atoms with E-state index in [1.807, 2.05) is 0 Å². The summed E-state index contributed by atoms with van der Waals surface area (Å²) in [6, 6.07) is 6.04. The number of ether oxygens (including phenoxy) is 1. The summed E-state index contributed by atoms with van der Waals surface area (Å²) in [5, 5.41) is 8.64. The predicted molar refractivity (Wildman–Crippen MR) is 115 cm³/mol. The fraction of sp³-hybridized carbons (Fsp3) is 0.522. The van der Waals surface area contributed by atoms with Crippen LogP contribution in [-0.2, 0) is 10.5 Å². The topological polar surface area (TPSA) is 46.5 Å². The lowest BCUT2D eigenvalue weighted by Crippen LogP contribution is -2.05. The summed E-state index contributed by atoms with van der Waals surface area (Å²) >= 11 is 0. The minimum absolute atomic E-state index is 0.0691. The molecule has 0 spiro atoms. The molecule has 1 aromatic carbocycles. The molecule has 1 aliphatic carbocycles. The van der Waals surface area contributed by atoms with Gasteiger partial charge in [0.1, 0.15) is 5.75 Å². The van der Waals surface area contributed by atoms with E-state index in [1.54, 1.807) is 21.4 Å². The molecule has 2 unspecified atom stereocenters. The van der Waals surface area contributed by atoms with Crippen LogP contribution >= 0.6 is 9.24 Å². The number of hydrogen-bond donors (Lipinski definition) is 1. The Labute approximate surface area is 174 Å². The standard InChI is InChI=1S/C23H31F2O3P/c24-23(25,29)20-13-8-14-21(17-20)28-16-6-5-10-19-12-7-11-18(19)9-3-1-2-4-15-22(26)27/h1,3,5,8,10,13-14,17-19H,2,4,6-7,9,11-12,15-16,29H2,(H,26,27)/b3-1?,10-5+/t18-,19?/m0/s1. The van der Waals surface area contributed by atoms with E-state index < -0.39 is 11.6 Å². The van der Waals surface area contributed by atoms with Gasteiger partial charge in [-0.1, -0.05) is 52.1 Å². The van der Waals surface area contributed by atoms with Crippen LogP contribution in [0, 0.1) is 11.8 Å². The molecule has 160 valence electrons. The number of hydrogen-bond acceptors (Lipinski definition) is 2. The highest BCUT2D eigenvalue weighted by Crippen LogP contribution is 2.36. The summed E-state index contributed by atoms with van der Waals surface area (Å²) in [6.07, 6.45) is 15.9. The fourth-order valence-electron chi connectivity index (χ4n) is 3.68. The number of unbranched alkanes of at least 4 members (excludes halogenated alkanes) is 1. The van der Waals surface area contributed by atoms with Gasteiger partial charge < -0.3 is 9.84 Å². The molecule has 1 N–H and O–H groups in total. The molecule has 29 heavy (non-hydrogen) atoms. The summed E-state index contributed by atoms with van der Waals surface area (Å²) in [6.45, 7) is 0.462. The van der Waals surface area contributed by atoms with Crippen LogP contribution in [0.4, 0.5) is 8.78 Å². The van der Waals surface area contributed by atoms with Crippen LogP contribution < -0.4 is 4.74 Å². The number of rotatable bonds is 12. The average molecular weight is 424 g/mol. The molecule has 0 heterocycles. The number of alkyl halides is 2. The molecule has 0 bridgehead atoms. The van der Waals surface area contributed by atoms with Crippen molar-refractivity contribution in [1.29, 1.82) is 0 Å². The second-order valence-corrected chi connectivity index (χ2v) is 8.29. The zero-order valence-corrected chi connectivity index (χ0v) is 17.9. The van der Waals surface area contributed by atoms with Crippen molar-refractivity contribution in [2.24, 2.45) is 11.8 Å². The molecule has 3 atom stereocenters. The minimum atomic E-state index is -2.94. The van der Waals surface area contributed by atoms with Gasteiger partial charge >= 0.3 is 5.97 Å². The van der Waals surface area contributed by atoms with Crippen LogP contribution in [0.15, 0.2) is 48.6 Å². The van der Waals surface area contributed by atoms with Gasteiger partial charge in [-0.15, -0.1) is 0 Å². The first-order valence-corrected chi connectivity index (χ1v) is 10.9. The second kappa shape index (κ2) is 12.1. The van der Waals surface area contributed by atoms with Gasteiger partial charge in [0.25, 0.3) is 5.66 Å². The lowest BCUT2D eigenvalue weighted by Gasteiger charge is -2.14. The van der Waals surface area contributed by atoms with Crippen molar-refractivity contribution in [3.05, 3.63) is 54.1 Å². The van der Waals surface area contributed by atoms with Gasteiger partial charge in [0, 0.05) is 12.0 Å². The van der Waals surface area contributed by atoms with Gasteiger partial charge in [-0.2, -0.15) is 8.78 Å². The smallest absolute Gasteiger partial charge is 0.303 e. The summed E-state index contributed by atoms with van der Waals surface area (Å²) in [7, 11) is 1.54. The lowest BCUT2D eigenvalue weighted by atomic mass is 9.92. The molecule has 0 radical (unpaired) electrons. The van der Waals surface area contributed by atoms with Crippen LogP contribution in [0.3, 0.4) is 0 Å². The second-order valence-electron chi connectivity index (χ2n) is 7.56. The van der Waals surface area contributed by atoms with E-state index in [2.05, 4.69) is 24.3 Å². The Morgan fingerprint density at radius 1 is 1.24 bits per heavy atom. The van der Waals surface area contributed by atoms with E-state index in [-0.39, 0.29) is 12.0 Å². The van der Waals surface area contributed by atoms with E-state index >= 15 is 0 Å². The number of halogens is 2. The molecule has 1 fully saturated rings. The normalized spacial score (nSPS) is 20.0. The summed E-state index contributed by atoms with van der Waals surface area (Å²) in [5.41, 5.74) is -3.01. The van der Waals surface area contributed by atoms with Crippen molar-refractivity contribution in [2.45, 2.75) is 57.0 Å². The molecule has 1 saturated carbocycles. The van der Waals surface area contributed by atoms with Crippen LogP contribution in [0.25, 0.3) is 0 Å². The van der Waals surface area contributed by atoms with Crippen molar-refractivity contribution in [1.82, 2.24) is 0 Å². The van der Waals surface area contributed by atoms with Gasteiger partial charge in [-0.25, -0.2) is 0 Å². The molecule has 0 aromatic heterocycles. The number of carboxylic acids is 1. The molecule has 0 amide bonds. The molecule has 0 saturated heterocycles. The molecule has 6 heteroatoms. The van der Waals surface area contributed by atoms with E-state index in [0.717, 1.165) is 19.3 Å². The molecular weight excluding hydrogens is 393 g/mol. The average Bonchev–Trinajstić information content (AvgIpc) is 3.11.